The van der Waals surface area contributed by atoms with E-state index in [9.17, 15) is 0 Å². The van der Waals surface area contributed by atoms with Crippen molar-refractivity contribution in [1.29, 1.82) is 0 Å². The van der Waals surface area contributed by atoms with Crippen molar-refractivity contribution in [2.45, 2.75) is 0 Å². The molecule has 0 aliphatic carbocycles. The number of hydrogen-bond donors (Lipinski definition) is 0. The quantitative estimate of drug-likeness (QED) is 0.568. The summed E-state index contributed by atoms with van der Waals surface area (Å²) in [6, 6.07) is 15.8. The average molecular weight is 275 g/mol. The summed E-state index contributed by atoms with van der Waals surface area (Å²) in [5, 5.41) is 0. The van der Waals surface area contributed by atoms with Gasteiger partial charge in [-0.05, 0) is 35.5 Å². The van der Waals surface area contributed by atoms with Gasteiger partial charge in [0.15, 0.2) is 5.82 Å². The summed E-state index contributed by atoms with van der Waals surface area (Å²) >= 11 is 6.36. The molecule has 1 atom stereocenters. The van der Waals surface area contributed by atoms with Crippen molar-refractivity contribution >= 4 is 29.9 Å². The van der Waals surface area contributed by atoms with Crippen LogP contribution in [0.25, 0.3) is 22.4 Å². The van der Waals surface area contributed by atoms with Crippen molar-refractivity contribution in [1.82, 2.24) is 9.32 Å². The number of rotatable bonds is 0. The molecular weight excluding hydrogens is 267 g/mol. The molecule has 1 aliphatic rings. The summed E-state index contributed by atoms with van der Waals surface area (Å²) in [5.41, 5.74) is 2.96. The van der Waals surface area contributed by atoms with E-state index in [-0.39, 0.29) is 0 Å². The maximum atomic E-state index is 6.36. The molecule has 1 unspecified atom stereocenters. The molecule has 0 saturated carbocycles. The first-order valence-corrected chi connectivity index (χ1v) is 7.67. The average Bonchev–Trinajstić information content (AvgIpc) is 2.79. The van der Waals surface area contributed by atoms with Gasteiger partial charge in [0.1, 0.15) is 5.75 Å². The Balaban J connectivity index is 2.12. The van der Waals surface area contributed by atoms with E-state index in [1.165, 1.54) is 0 Å². The summed E-state index contributed by atoms with van der Waals surface area (Å²) in [5.74, 6) is 1.69. The Morgan fingerprint density at radius 1 is 1.06 bits per heavy atom. The molecular formula is C13H8ClN2OP. The number of nitrogens with zero attached hydrogens (tertiary/aromatic N) is 2. The molecule has 2 aromatic carbocycles. The SMILES string of the molecule is ClP1Oc2ccccc2-c2nc3ccccc3n21. The highest BCUT2D eigenvalue weighted by Gasteiger charge is 2.28. The van der Waals surface area contributed by atoms with Crippen LogP contribution in [0.1, 0.15) is 0 Å². The molecule has 0 bridgehead atoms. The molecule has 1 aromatic heterocycles. The van der Waals surface area contributed by atoms with Crippen LogP contribution >= 0.6 is 18.9 Å². The fourth-order valence-corrected chi connectivity index (χ4v) is 3.93. The topological polar surface area (TPSA) is 27.1 Å². The van der Waals surface area contributed by atoms with Crippen molar-refractivity contribution < 1.29 is 4.52 Å². The monoisotopic (exact) mass is 274 g/mol. The van der Waals surface area contributed by atoms with Gasteiger partial charge in [-0.25, -0.2) is 4.98 Å². The second-order valence-electron chi connectivity index (χ2n) is 4.05. The Bertz CT molecular complexity index is 756. The number of hydrogen-bond acceptors (Lipinski definition) is 2. The van der Waals surface area contributed by atoms with E-state index in [1.807, 2.05) is 52.9 Å². The van der Waals surface area contributed by atoms with Gasteiger partial charge in [0, 0.05) is 0 Å². The van der Waals surface area contributed by atoms with Gasteiger partial charge in [0.25, 0.3) is 0 Å². The van der Waals surface area contributed by atoms with Crippen LogP contribution in [0.2, 0.25) is 0 Å². The fraction of sp³-hybridized carbons (Fsp3) is 0. The number of fused-ring (bicyclic) bond motifs is 5. The van der Waals surface area contributed by atoms with E-state index in [2.05, 4.69) is 4.98 Å². The molecule has 5 heteroatoms. The van der Waals surface area contributed by atoms with E-state index >= 15 is 0 Å². The zero-order valence-corrected chi connectivity index (χ0v) is 10.9. The summed E-state index contributed by atoms with van der Waals surface area (Å²) in [7, 11) is -1.23. The van der Waals surface area contributed by atoms with Crippen LogP contribution in [0.5, 0.6) is 5.75 Å². The summed E-state index contributed by atoms with van der Waals surface area (Å²) in [6.45, 7) is 0. The molecule has 1 aliphatic heterocycles. The van der Waals surface area contributed by atoms with Crippen LogP contribution in [-0.4, -0.2) is 9.32 Å². The molecule has 0 fully saturated rings. The number of benzene rings is 2. The van der Waals surface area contributed by atoms with Crippen LogP contribution in [0.4, 0.5) is 0 Å². The van der Waals surface area contributed by atoms with E-state index in [4.69, 9.17) is 15.8 Å². The predicted octanol–water partition coefficient (Wildman–Crippen LogP) is 4.41. The van der Waals surface area contributed by atoms with Gasteiger partial charge < -0.3 is 4.52 Å². The number of aromatic nitrogens is 2. The molecule has 3 nitrogen and oxygen atoms in total. The first-order valence-electron chi connectivity index (χ1n) is 5.55. The van der Waals surface area contributed by atoms with Crippen LogP contribution in [0.3, 0.4) is 0 Å². The zero-order chi connectivity index (χ0) is 12.1. The second kappa shape index (κ2) is 3.71. The maximum absolute atomic E-state index is 6.36. The Morgan fingerprint density at radius 3 is 2.78 bits per heavy atom. The van der Waals surface area contributed by atoms with Gasteiger partial charge in [0.2, 0.25) is 0 Å². The third-order valence-electron chi connectivity index (χ3n) is 3.00. The third-order valence-corrected chi connectivity index (χ3v) is 4.72. The largest absolute Gasteiger partial charge is 0.440 e. The minimum atomic E-state index is -1.23. The van der Waals surface area contributed by atoms with E-state index < -0.39 is 7.65 Å². The lowest BCUT2D eigenvalue weighted by Gasteiger charge is -2.22. The van der Waals surface area contributed by atoms with E-state index in [0.717, 1.165) is 28.2 Å². The smallest absolute Gasteiger partial charge is 0.302 e. The van der Waals surface area contributed by atoms with Gasteiger partial charge >= 0.3 is 7.65 Å². The molecule has 0 spiro atoms. The highest BCUT2D eigenvalue weighted by atomic mass is 35.7. The molecule has 88 valence electrons. The normalized spacial score (nSPS) is 17.1. The van der Waals surface area contributed by atoms with Gasteiger partial charge in [-0.3, -0.25) is 4.34 Å². The Hall–Kier alpha value is -1.57. The predicted molar refractivity (Wildman–Crippen MR) is 74.0 cm³/mol. The lowest BCUT2D eigenvalue weighted by Crippen LogP contribution is -2.03. The highest BCUT2D eigenvalue weighted by Crippen LogP contribution is 2.55. The van der Waals surface area contributed by atoms with Gasteiger partial charge in [0.05, 0.1) is 16.6 Å². The van der Waals surface area contributed by atoms with Crippen LogP contribution in [0, 0.1) is 0 Å². The van der Waals surface area contributed by atoms with Crippen molar-refractivity contribution in [2.24, 2.45) is 0 Å². The zero-order valence-electron chi connectivity index (χ0n) is 9.25. The van der Waals surface area contributed by atoms with Crippen LogP contribution in [0.15, 0.2) is 48.5 Å². The van der Waals surface area contributed by atoms with Gasteiger partial charge in [-0.15, -0.1) is 0 Å². The number of imidazole rings is 1. The minimum absolute atomic E-state index is 0.807. The highest BCUT2D eigenvalue weighted by molar-refractivity contribution is 7.79. The standard InChI is InChI=1S/C13H8ClN2OP/c14-18-16-11-7-3-2-6-10(11)15-13(16)9-5-1-4-8-12(9)17-18/h1-8H. The number of halogens is 1. The Morgan fingerprint density at radius 2 is 1.83 bits per heavy atom. The molecule has 0 N–H and O–H groups in total. The summed E-state index contributed by atoms with van der Waals surface area (Å²) in [4.78, 5) is 4.66. The first-order chi connectivity index (χ1) is 8.84. The number of para-hydroxylation sites is 3. The van der Waals surface area contributed by atoms with Crippen molar-refractivity contribution in [3.63, 3.8) is 0 Å². The van der Waals surface area contributed by atoms with Crippen molar-refractivity contribution in [3.05, 3.63) is 48.5 Å². The molecule has 0 saturated heterocycles. The molecule has 3 aromatic rings. The summed E-state index contributed by atoms with van der Waals surface area (Å²) in [6.07, 6.45) is 0. The van der Waals surface area contributed by atoms with E-state index in [1.54, 1.807) is 0 Å². The molecule has 0 radical (unpaired) electrons. The Labute approximate surface area is 110 Å². The second-order valence-corrected chi connectivity index (χ2v) is 5.95. The minimum Gasteiger partial charge on any atom is -0.440 e. The fourth-order valence-electron chi connectivity index (χ4n) is 2.20. The van der Waals surface area contributed by atoms with Gasteiger partial charge in [-0.1, -0.05) is 24.3 Å². The Kier molecular flexibility index (Phi) is 2.14. The maximum Gasteiger partial charge on any atom is 0.302 e. The van der Waals surface area contributed by atoms with Crippen molar-refractivity contribution in [3.8, 4) is 17.1 Å². The van der Waals surface area contributed by atoms with Crippen molar-refractivity contribution in [2.75, 3.05) is 0 Å². The van der Waals surface area contributed by atoms with E-state index in [0.29, 0.717) is 0 Å². The molecule has 4 rings (SSSR count). The van der Waals surface area contributed by atoms with Crippen LogP contribution < -0.4 is 4.52 Å². The third kappa shape index (κ3) is 1.32. The molecule has 18 heavy (non-hydrogen) atoms. The lowest BCUT2D eigenvalue weighted by atomic mass is 10.2. The molecule has 0 amide bonds. The van der Waals surface area contributed by atoms with Gasteiger partial charge in [-0.2, -0.15) is 0 Å². The first kappa shape index (κ1) is 10.4. The molecule has 2 heterocycles. The summed E-state index contributed by atoms with van der Waals surface area (Å²) < 4.78 is 7.76. The lowest BCUT2D eigenvalue weighted by molar-refractivity contribution is 0.612. The van der Waals surface area contributed by atoms with Crippen LogP contribution in [-0.2, 0) is 0 Å².